The predicted molar refractivity (Wildman–Crippen MR) is 89.4 cm³/mol. The Morgan fingerprint density at radius 1 is 1.39 bits per heavy atom. The molecule has 1 N–H and O–H groups in total. The Kier molecular flexibility index (Phi) is 6.51. The first kappa shape index (κ1) is 18.7. The Balaban J connectivity index is 2.23. The Labute approximate surface area is 144 Å². The zero-order chi connectivity index (χ0) is 17.0. The molecule has 130 valence electrons. The lowest BCUT2D eigenvalue weighted by atomic mass is 10.0. The SMILES string of the molecule is CC(C)SC[C@H](Oc1cccc(Cl)c1C(F)(F)F)C1CCNC1. The highest BCUT2D eigenvalue weighted by Gasteiger charge is 2.38. The number of rotatable bonds is 6. The van der Waals surface area contributed by atoms with Crippen molar-refractivity contribution >= 4 is 23.4 Å². The molecule has 1 fully saturated rings. The molecular formula is C16H21ClF3NOS. The summed E-state index contributed by atoms with van der Waals surface area (Å²) in [5.74, 6) is 0.695. The third-order valence-corrected chi connectivity index (χ3v) is 5.26. The van der Waals surface area contributed by atoms with E-state index in [0.717, 1.165) is 19.5 Å². The second kappa shape index (κ2) is 7.99. The lowest BCUT2D eigenvalue weighted by molar-refractivity contribution is -0.139. The van der Waals surface area contributed by atoms with Crippen LogP contribution in [0.4, 0.5) is 13.2 Å². The number of nitrogens with one attached hydrogen (secondary N) is 1. The number of hydrogen-bond donors (Lipinski definition) is 1. The minimum absolute atomic E-state index is 0.175. The number of alkyl halides is 3. The molecule has 1 aromatic carbocycles. The van der Waals surface area contributed by atoms with E-state index < -0.39 is 11.7 Å². The molecule has 1 saturated heterocycles. The van der Waals surface area contributed by atoms with Gasteiger partial charge in [-0.15, -0.1) is 0 Å². The van der Waals surface area contributed by atoms with Crippen LogP contribution in [-0.4, -0.2) is 30.2 Å². The molecule has 0 spiro atoms. The normalized spacial score (nSPS) is 20.0. The Bertz CT molecular complexity index is 519. The summed E-state index contributed by atoms with van der Waals surface area (Å²) in [5, 5.41) is 3.32. The van der Waals surface area contributed by atoms with Crippen molar-refractivity contribution in [3.63, 3.8) is 0 Å². The van der Waals surface area contributed by atoms with E-state index in [1.807, 2.05) is 0 Å². The van der Waals surface area contributed by atoms with Crippen LogP contribution in [-0.2, 0) is 6.18 Å². The van der Waals surface area contributed by atoms with Crippen molar-refractivity contribution in [2.75, 3.05) is 18.8 Å². The molecule has 23 heavy (non-hydrogen) atoms. The molecule has 1 unspecified atom stereocenters. The van der Waals surface area contributed by atoms with Gasteiger partial charge in [-0.25, -0.2) is 0 Å². The van der Waals surface area contributed by atoms with Crippen LogP contribution in [0.5, 0.6) is 5.75 Å². The van der Waals surface area contributed by atoms with Crippen molar-refractivity contribution in [1.82, 2.24) is 5.32 Å². The summed E-state index contributed by atoms with van der Waals surface area (Å²) in [4.78, 5) is 0. The molecule has 7 heteroatoms. The van der Waals surface area contributed by atoms with Gasteiger partial charge in [0, 0.05) is 18.2 Å². The fourth-order valence-electron chi connectivity index (χ4n) is 2.59. The van der Waals surface area contributed by atoms with E-state index in [2.05, 4.69) is 19.2 Å². The minimum Gasteiger partial charge on any atom is -0.489 e. The first-order valence-corrected chi connectivity index (χ1v) is 9.06. The smallest absolute Gasteiger partial charge is 0.421 e. The lowest BCUT2D eigenvalue weighted by Crippen LogP contribution is -2.32. The van der Waals surface area contributed by atoms with Crippen molar-refractivity contribution in [2.24, 2.45) is 5.92 Å². The quantitative estimate of drug-likeness (QED) is 0.776. The molecule has 0 aliphatic carbocycles. The second-order valence-corrected chi connectivity index (χ2v) is 7.92. The maximum Gasteiger partial charge on any atom is 0.421 e. The third-order valence-electron chi connectivity index (χ3n) is 3.76. The lowest BCUT2D eigenvalue weighted by Gasteiger charge is -2.26. The van der Waals surface area contributed by atoms with Crippen molar-refractivity contribution in [3.8, 4) is 5.75 Å². The van der Waals surface area contributed by atoms with Gasteiger partial charge in [0.25, 0.3) is 0 Å². The minimum atomic E-state index is -4.53. The molecule has 1 aliphatic heterocycles. The molecule has 1 aliphatic rings. The summed E-state index contributed by atoms with van der Waals surface area (Å²) < 4.78 is 45.6. The summed E-state index contributed by atoms with van der Waals surface area (Å²) in [6, 6.07) is 4.09. The molecular weight excluding hydrogens is 347 g/mol. The summed E-state index contributed by atoms with van der Waals surface area (Å²) in [6.45, 7) is 5.77. The first-order chi connectivity index (χ1) is 10.8. The van der Waals surface area contributed by atoms with E-state index >= 15 is 0 Å². The van der Waals surface area contributed by atoms with Gasteiger partial charge in [-0.1, -0.05) is 31.5 Å². The zero-order valence-electron chi connectivity index (χ0n) is 13.1. The van der Waals surface area contributed by atoms with Crippen LogP contribution >= 0.6 is 23.4 Å². The Morgan fingerprint density at radius 3 is 2.70 bits per heavy atom. The van der Waals surface area contributed by atoms with Gasteiger partial charge in [-0.2, -0.15) is 24.9 Å². The van der Waals surface area contributed by atoms with Crippen molar-refractivity contribution in [2.45, 2.75) is 37.8 Å². The number of ether oxygens (including phenoxy) is 1. The maximum absolute atomic E-state index is 13.3. The van der Waals surface area contributed by atoms with Gasteiger partial charge in [-0.05, 0) is 30.3 Å². The van der Waals surface area contributed by atoms with Gasteiger partial charge < -0.3 is 10.1 Å². The first-order valence-electron chi connectivity index (χ1n) is 7.63. The molecule has 0 saturated carbocycles. The number of halogens is 4. The summed E-state index contributed by atoms with van der Waals surface area (Å²) in [7, 11) is 0. The molecule has 2 atom stereocenters. The van der Waals surface area contributed by atoms with Gasteiger partial charge in [0.05, 0.1) is 5.02 Å². The standard InChI is InChI=1S/C16H21ClF3NOS/c1-10(2)23-9-14(11-6-7-21-8-11)22-13-5-3-4-12(17)15(13)16(18,19)20/h3-5,10-11,14,21H,6-9H2,1-2H3/t11?,14-/m0/s1. The molecule has 0 aromatic heterocycles. The van der Waals surface area contributed by atoms with Crippen LogP contribution in [0.15, 0.2) is 18.2 Å². The number of hydrogen-bond acceptors (Lipinski definition) is 3. The van der Waals surface area contributed by atoms with Crippen LogP contribution in [0.25, 0.3) is 0 Å². The van der Waals surface area contributed by atoms with Gasteiger partial charge in [-0.3, -0.25) is 0 Å². The average Bonchev–Trinajstić information content (AvgIpc) is 2.95. The molecule has 2 nitrogen and oxygen atoms in total. The van der Waals surface area contributed by atoms with Crippen LogP contribution in [0.2, 0.25) is 5.02 Å². The van der Waals surface area contributed by atoms with Crippen LogP contribution in [0.3, 0.4) is 0 Å². The molecule has 0 bridgehead atoms. The molecule has 0 amide bonds. The van der Waals surface area contributed by atoms with Crippen LogP contribution in [0.1, 0.15) is 25.8 Å². The van der Waals surface area contributed by atoms with Crippen LogP contribution in [0, 0.1) is 5.92 Å². The maximum atomic E-state index is 13.3. The molecule has 1 heterocycles. The van der Waals surface area contributed by atoms with Gasteiger partial charge in [0.1, 0.15) is 17.4 Å². The van der Waals surface area contributed by atoms with Gasteiger partial charge in [0.15, 0.2) is 0 Å². The topological polar surface area (TPSA) is 21.3 Å². The van der Waals surface area contributed by atoms with E-state index in [1.54, 1.807) is 11.8 Å². The van der Waals surface area contributed by atoms with Gasteiger partial charge in [0.2, 0.25) is 0 Å². The fourth-order valence-corrected chi connectivity index (χ4v) is 3.78. The molecule has 2 rings (SSSR count). The monoisotopic (exact) mass is 367 g/mol. The van der Waals surface area contributed by atoms with E-state index in [0.29, 0.717) is 11.0 Å². The molecule has 1 aromatic rings. The highest BCUT2D eigenvalue weighted by Crippen LogP contribution is 2.42. The summed E-state index contributed by atoms with van der Waals surface area (Å²) in [6.07, 6.45) is -3.89. The Hall–Kier alpha value is -0.590. The zero-order valence-corrected chi connectivity index (χ0v) is 14.7. The van der Waals surface area contributed by atoms with Crippen molar-refractivity contribution in [3.05, 3.63) is 28.8 Å². The van der Waals surface area contributed by atoms with E-state index in [4.69, 9.17) is 16.3 Å². The van der Waals surface area contributed by atoms with Crippen molar-refractivity contribution < 1.29 is 17.9 Å². The second-order valence-electron chi connectivity index (χ2n) is 5.90. The summed E-state index contributed by atoms with van der Waals surface area (Å²) in [5.41, 5.74) is -0.882. The molecule has 0 radical (unpaired) electrons. The highest BCUT2D eigenvalue weighted by molar-refractivity contribution is 7.99. The highest BCUT2D eigenvalue weighted by atomic mass is 35.5. The van der Waals surface area contributed by atoms with Gasteiger partial charge >= 0.3 is 6.18 Å². The largest absolute Gasteiger partial charge is 0.489 e. The fraction of sp³-hybridized carbons (Fsp3) is 0.625. The van der Waals surface area contributed by atoms with E-state index in [9.17, 15) is 13.2 Å². The Morgan fingerprint density at radius 2 is 2.13 bits per heavy atom. The van der Waals surface area contributed by atoms with Crippen molar-refractivity contribution in [1.29, 1.82) is 0 Å². The van der Waals surface area contributed by atoms with E-state index in [1.165, 1.54) is 18.2 Å². The van der Waals surface area contributed by atoms with E-state index in [-0.39, 0.29) is 22.8 Å². The predicted octanol–water partition coefficient (Wildman–Crippen LogP) is 4.86. The number of thioether (sulfide) groups is 1. The van der Waals surface area contributed by atoms with Crippen LogP contribution < -0.4 is 10.1 Å². The number of benzene rings is 1. The average molecular weight is 368 g/mol. The summed E-state index contributed by atoms with van der Waals surface area (Å²) >= 11 is 7.46. The third kappa shape index (κ3) is 5.19.